The van der Waals surface area contributed by atoms with E-state index in [1.165, 1.54) is 32.1 Å². The Balaban J connectivity index is 1.92. The predicted molar refractivity (Wildman–Crippen MR) is 70.5 cm³/mol. The van der Waals surface area contributed by atoms with E-state index in [2.05, 4.69) is 33.1 Å². The normalized spacial score (nSPS) is 35.6. The molecular formula is C15H29N. The highest BCUT2D eigenvalue weighted by Gasteiger charge is 2.41. The van der Waals surface area contributed by atoms with Gasteiger partial charge in [0.05, 0.1) is 0 Å². The zero-order valence-corrected chi connectivity index (χ0v) is 11.6. The number of fused-ring (bicyclic) bond motifs is 2. The molecule has 4 unspecified atom stereocenters. The van der Waals surface area contributed by atoms with Crippen LogP contribution in [0.3, 0.4) is 0 Å². The van der Waals surface area contributed by atoms with Crippen LogP contribution in [0.1, 0.15) is 59.3 Å². The summed E-state index contributed by atoms with van der Waals surface area (Å²) < 4.78 is 0. The van der Waals surface area contributed by atoms with E-state index in [9.17, 15) is 0 Å². The lowest BCUT2D eigenvalue weighted by atomic mass is 9.74. The van der Waals surface area contributed by atoms with Crippen LogP contribution >= 0.6 is 0 Å². The molecule has 0 radical (unpaired) electrons. The van der Waals surface area contributed by atoms with E-state index in [1.807, 2.05) is 0 Å². The first kappa shape index (κ1) is 12.4. The second-order valence-corrected chi connectivity index (χ2v) is 6.85. The molecule has 0 amide bonds. The predicted octanol–water partition coefficient (Wildman–Crippen LogP) is 3.84. The second kappa shape index (κ2) is 4.68. The molecule has 16 heavy (non-hydrogen) atoms. The Morgan fingerprint density at radius 3 is 2.44 bits per heavy atom. The van der Waals surface area contributed by atoms with Crippen LogP contribution in [0.25, 0.3) is 0 Å². The zero-order valence-electron chi connectivity index (χ0n) is 11.6. The van der Waals surface area contributed by atoms with Crippen LogP contribution in [-0.4, -0.2) is 13.1 Å². The van der Waals surface area contributed by atoms with Gasteiger partial charge in [0.15, 0.2) is 0 Å². The minimum Gasteiger partial charge on any atom is -0.316 e. The van der Waals surface area contributed by atoms with Gasteiger partial charge in [-0.3, -0.25) is 0 Å². The zero-order chi connectivity index (χ0) is 11.8. The molecule has 4 atom stereocenters. The van der Waals surface area contributed by atoms with Crippen molar-refractivity contribution in [3.8, 4) is 0 Å². The lowest BCUT2D eigenvalue weighted by Gasteiger charge is -2.37. The van der Waals surface area contributed by atoms with E-state index in [4.69, 9.17) is 0 Å². The summed E-state index contributed by atoms with van der Waals surface area (Å²) in [6, 6.07) is 0.710. The Labute approximate surface area is 101 Å². The van der Waals surface area contributed by atoms with Gasteiger partial charge in [-0.1, -0.05) is 27.2 Å². The Kier molecular flexibility index (Phi) is 3.63. The molecule has 0 aromatic rings. The maximum atomic E-state index is 3.58. The summed E-state index contributed by atoms with van der Waals surface area (Å²) in [4.78, 5) is 0. The summed E-state index contributed by atoms with van der Waals surface area (Å²) in [7, 11) is 2.15. The molecule has 0 aromatic heterocycles. The van der Waals surface area contributed by atoms with Gasteiger partial charge in [-0.2, -0.15) is 0 Å². The summed E-state index contributed by atoms with van der Waals surface area (Å²) >= 11 is 0. The van der Waals surface area contributed by atoms with Gasteiger partial charge in [-0.05, 0) is 62.3 Å². The van der Waals surface area contributed by atoms with E-state index < -0.39 is 0 Å². The lowest BCUT2D eigenvalue weighted by molar-refractivity contribution is 0.179. The molecule has 2 aliphatic carbocycles. The number of hydrogen-bond acceptors (Lipinski definition) is 1. The van der Waals surface area contributed by atoms with E-state index in [0.29, 0.717) is 11.5 Å². The molecule has 1 nitrogen and oxygen atoms in total. The number of nitrogens with one attached hydrogen (secondary N) is 1. The highest BCUT2D eigenvalue weighted by atomic mass is 14.9. The van der Waals surface area contributed by atoms with Crippen LogP contribution in [0.2, 0.25) is 0 Å². The first-order valence-electron chi connectivity index (χ1n) is 7.24. The maximum Gasteiger partial charge on any atom is 0.0118 e. The molecule has 2 bridgehead atoms. The third-order valence-electron chi connectivity index (χ3n) is 5.63. The third-order valence-corrected chi connectivity index (χ3v) is 5.63. The first-order chi connectivity index (χ1) is 7.56. The Morgan fingerprint density at radius 1 is 1.25 bits per heavy atom. The van der Waals surface area contributed by atoms with Gasteiger partial charge in [0.25, 0.3) is 0 Å². The summed E-state index contributed by atoms with van der Waals surface area (Å²) in [6.45, 7) is 7.16. The van der Waals surface area contributed by atoms with Crippen LogP contribution in [0.4, 0.5) is 0 Å². The molecule has 2 fully saturated rings. The lowest BCUT2D eigenvalue weighted by Crippen LogP contribution is -2.41. The summed E-state index contributed by atoms with van der Waals surface area (Å²) in [5.74, 6) is 3.20. The van der Waals surface area contributed by atoms with E-state index >= 15 is 0 Å². The largest absolute Gasteiger partial charge is 0.316 e. The van der Waals surface area contributed by atoms with Crippen LogP contribution in [-0.2, 0) is 0 Å². The number of rotatable bonds is 5. The molecule has 1 N–H and O–H groups in total. The average molecular weight is 223 g/mol. The fraction of sp³-hybridized carbons (Fsp3) is 1.00. The van der Waals surface area contributed by atoms with Gasteiger partial charge < -0.3 is 5.32 Å². The van der Waals surface area contributed by atoms with Gasteiger partial charge in [0.2, 0.25) is 0 Å². The summed E-state index contributed by atoms with van der Waals surface area (Å²) in [5, 5.41) is 3.58. The van der Waals surface area contributed by atoms with Crippen molar-refractivity contribution in [1.29, 1.82) is 0 Å². The van der Waals surface area contributed by atoms with Crippen molar-refractivity contribution in [3.05, 3.63) is 0 Å². The minimum atomic E-state index is 0.455. The van der Waals surface area contributed by atoms with Gasteiger partial charge in [0.1, 0.15) is 0 Å². The molecule has 0 heterocycles. The Bertz CT molecular complexity index is 234. The monoisotopic (exact) mass is 223 g/mol. The summed E-state index contributed by atoms with van der Waals surface area (Å²) in [6.07, 6.45) is 8.83. The molecule has 2 aliphatic rings. The Hall–Kier alpha value is -0.0400. The van der Waals surface area contributed by atoms with Crippen molar-refractivity contribution in [2.24, 2.45) is 23.2 Å². The highest BCUT2D eigenvalue weighted by Crippen LogP contribution is 2.50. The van der Waals surface area contributed by atoms with Gasteiger partial charge in [-0.15, -0.1) is 0 Å². The molecule has 94 valence electrons. The van der Waals surface area contributed by atoms with E-state index in [1.54, 1.807) is 6.42 Å². The average Bonchev–Trinajstić information content (AvgIpc) is 2.87. The van der Waals surface area contributed by atoms with Crippen molar-refractivity contribution >= 4 is 0 Å². The van der Waals surface area contributed by atoms with Crippen LogP contribution in [0.15, 0.2) is 0 Å². The first-order valence-corrected chi connectivity index (χ1v) is 7.24. The molecule has 0 aromatic carbocycles. The van der Waals surface area contributed by atoms with Crippen molar-refractivity contribution < 1.29 is 0 Å². The highest BCUT2D eigenvalue weighted by molar-refractivity contribution is 4.94. The quantitative estimate of drug-likeness (QED) is 0.747. The van der Waals surface area contributed by atoms with E-state index in [-0.39, 0.29) is 0 Å². The fourth-order valence-corrected chi connectivity index (χ4v) is 4.04. The molecular weight excluding hydrogens is 194 g/mol. The van der Waals surface area contributed by atoms with Crippen LogP contribution in [0, 0.1) is 23.2 Å². The van der Waals surface area contributed by atoms with Gasteiger partial charge >= 0.3 is 0 Å². The molecule has 0 aliphatic heterocycles. The van der Waals surface area contributed by atoms with Crippen molar-refractivity contribution in [3.63, 3.8) is 0 Å². The second-order valence-electron chi connectivity index (χ2n) is 6.85. The number of hydrogen-bond donors (Lipinski definition) is 1. The molecule has 2 rings (SSSR count). The fourth-order valence-electron chi connectivity index (χ4n) is 4.04. The van der Waals surface area contributed by atoms with Crippen molar-refractivity contribution in [1.82, 2.24) is 5.32 Å². The van der Waals surface area contributed by atoms with Crippen molar-refractivity contribution in [2.75, 3.05) is 7.05 Å². The van der Waals surface area contributed by atoms with Gasteiger partial charge in [-0.25, -0.2) is 0 Å². The molecule has 0 saturated heterocycles. The van der Waals surface area contributed by atoms with E-state index in [0.717, 1.165) is 17.8 Å². The third kappa shape index (κ3) is 2.30. The molecule has 0 spiro atoms. The van der Waals surface area contributed by atoms with Crippen LogP contribution in [0.5, 0.6) is 0 Å². The van der Waals surface area contributed by atoms with Gasteiger partial charge in [0, 0.05) is 6.04 Å². The Morgan fingerprint density at radius 2 is 2.00 bits per heavy atom. The topological polar surface area (TPSA) is 12.0 Å². The smallest absolute Gasteiger partial charge is 0.0118 e. The SMILES string of the molecule is CCC(C)(C)C(CC1CC2CCC1C2)NC. The minimum absolute atomic E-state index is 0.455. The molecule has 2 saturated carbocycles. The standard InChI is InChI=1S/C15H29N/c1-5-15(2,3)14(16-4)10-13-9-11-6-7-12(13)8-11/h11-14,16H,5-10H2,1-4H3. The molecule has 1 heteroatoms. The summed E-state index contributed by atoms with van der Waals surface area (Å²) in [5.41, 5.74) is 0.455. The van der Waals surface area contributed by atoms with Crippen molar-refractivity contribution in [2.45, 2.75) is 65.3 Å². The van der Waals surface area contributed by atoms with Crippen LogP contribution < -0.4 is 5.32 Å². The maximum absolute atomic E-state index is 3.58.